The van der Waals surface area contributed by atoms with E-state index in [-0.39, 0.29) is 11.3 Å². The third kappa shape index (κ3) is 5.43. The molecule has 1 amide bonds. The summed E-state index contributed by atoms with van der Waals surface area (Å²) in [7, 11) is -3.72. The minimum absolute atomic E-state index is 0.136. The Kier molecular flexibility index (Phi) is 6.31. The van der Waals surface area contributed by atoms with Crippen molar-refractivity contribution in [2.24, 2.45) is 0 Å². The number of amides is 1. The minimum atomic E-state index is -3.72. The van der Waals surface area contributed by atoms with Crippen LogP contribution in [0.15, 0.2) is 83.8 Å². The van der Waals surface area contributed by atoms with E-state index >= 15 is 0 Å². The molecule has 0 spiro atoms. The smallest absolute Gasteiger partial charge is 0.261 e. The van der Waals surface area contributed by atoms with Crippen molar-refractivity contribution in [3.63, 3.8) is 0 Å². The second kappa shape index (κ2) is 8.89. The van der Waals surface area contributed by atoms with Gasteiger partial charge in [0.15, 0.2) is 5.78 Å². The van der Waals surface area contributed by atoms with Gasteiger partial charge in [0.1, 0.15) is 0 Å². The summed E-state index contributed by atoms with van der Waals surface area (Å²) in [6.45, 7) is 0. The van der Waals surface area contributed by atoms with Crippen LogP contribution in [0.4, 0.5) is 11.4 Å². The second-order valence-corrected chi connectivity index (χ2v) is 8.21. The van der Waals surface area contributed by atoms with E-state index in [9.17, 15) is 18.0 Å². The van der Waals surface area contributed by atoms with Gasteiger partial charge in [-0.15, -0.1) is 0 Å². The first-order valence-electron chi connectivity index (χ1n) is 8.61. The van der Waals surface area contributed by atoms with Crippen molar-refractivity contribution in [1.82, 2.24) is 0 Å². The number of rotatable bonds is 7. The van der Waals surface area contributed by atoms with Gasteiger partial charge in [0, 0.05) is 11.3 Å². The molecule has 3 aromatic rings. The summed E-state index contributed by atoms with van der Waals surface area (Å²) < 4.78 is 27.1. The van der Waals surface area contributed by atoms with Crippen LogP contribution in [0.5, 0.6) is 0 Å². The Bertz CT molecular complexity index is 1130. The van der Waals surface area contributed by atoms with E-state index in [0.29, 0.717) is 22.0 Å². The molecule has 0 bridgehead atoms. The fourth-order valence-electron chi connectivity index (χ4n) is 2.54. The lowest BCUT2D eigenvalue weighted by molar-refractivity contribution is -0.115. The van der Waals surface area contributed by atoms with Gasteiger partial charge in [0.05, 0.1) is 22.0 Å². The minimum Gasteiger partial charge on any atom is -0.324 e. The van der Waals surface area contributed by atoms with Crippen molar-refractivity contribution >= 4 is 44.7 Å². The molecule has 29 heavy (non-hydrogen) atoms. The van der Waals surface area contributed by atoms with E-state index in [1.807, 2.05) is 0 Å². The summed E-state index contributed by atoms with van der Waals surface area (Å²) in [5.74, 6) is -0.885. The summed E-state index contributed by atoms with van der Waals surface area (Å²) in [6.07, 6.45) is -0.361. The number of sulfonamides is 1. The van der Waals surface area contributed by atoms with Crippen molar-refractivity contribution in [2.75, 3.05) is 10.0 Å². The molecule has 0 aliphatic rings. The summed E-state index contributed by atoms with van der Waals surface area (Å²) in [5, 5.41) is 2.97. The molecule has 148 valence electrons. The third-order valence-corrected chi connectivity index (χ3v) is 5.71. The van der Waals surface area contributed by atoms with Crippen molar-refractivity contribution in [2.45, 2.75) is 11.3 Å². The lowest BCUT2D eigenvalue weighted by Crippen LogP contribution is -2.17. The average Bonchev–Trinajstić information content (AvgIpc) is 2.70. The number of carbonyl (C=O) groups is 2. The van der Waals surface area contributed by atoms with Gasteiger partial charge in [0.2, 0.25) is 5.91 Å². The molecular weight excluding hydrogens is 412 g/mol. The number of hydrogen-bond acceptors (Lipinski definition) is 4. The molecule has 0 saturated carbocycles. The summed E-state index contributed by atoms with van der Waals surface area (Å²) >= 11 is 5.98. The lowest BCUT2D eigenvalue weighted by Gasteiger charge is -2.09. The number of para-hydroxylation sites is 1. The summed E-state index contributed by atoms with van der Waals surface area (Å²) in [6, 6.07) is 20.5. The number of benzene rings is 3. The Morgan fingerprint density at radius 1 is 0.828 bits per heavy atom. The Balaban J connectivity index is 1.63. The van der Waals surface area contributed by atoms with Crippen molar-refractivity contribution in [1.29, 1.82) is 0 Å². The largest absolute Gasteiger partial charge is 0.324 e. The summed E-state index contributed by atoms with van der Waals surface area (Å²) in [5.41, 5.74) is 1.03. The van der Waals surface area contributed by atoms with Crippen molar-refractivity contribution < 1.29 is 18.0 Å². The predicted molar refractivity (Wildman–Crippen MR) is 113 cm³/mol. The number of ketones is 1. The first-order valence-corrected chi connectivity index (χ1v) is 10.5. The Labute approximate surface area is 173 Å². The molecule has 0 aliphatic heterocycles. The predicted octanol–water partition coefficient (Wildman–Crippen LogP) is 4.35. The molecule has 0 radical (unpaired) electrons. The number of nitrogens with one attached hydrogen (secondary N) is 2. The molecule has 0 atom stereocenters. The maximum atomic E-state index is 12.3. The van der Waals surface area contributed by atoms with E-state index in [0.717, 1.165) is 0 Å². The van der Waals surface area contributed by atoms with Crippen LogP contribution < -0.4 is 10.0 Å². The molecule has 0 aliphatic carbocycles. The van der Waals surface area contributed by atoms with Crippen LogP contribution in [-0.4, -0.2) is 20.1 Å². The zero-order valence-corrected chi connectivity index (χ0v) is 16.7. The average molecular weight is 429 g/mol. The maximum Gasteiger partial charge on any atom is 0.261 e. The highest BCUT2D eigenvalue weighted by Gasteiger charge is 2.15. The van der Waals surface area contributed by atoms with E-state index in [1.54, 1.807) is 42.5 Å². The van der Waals surface area contributed by atoms with Crippen LogP contribution in [0.2, 0.25) is 5.02 Å². The highest BCUT2D eigenvalue weighted by atomic mass is 35.5. The monoisotopic (exact) mass is 428 g/mol. The zero-order chi connectivity index (χ0) is 20.9. The van der Waals surface area contributed by atoms with Gasteiger partial charge in [0.25, 0.3) is 10.0 Å². The number of Topliss-reactive ketones (excluding diaryl/α,β-unsaturated/α-hetero) is 1. The van der Waals surface area contributed by atoms with Crippen molar-refractivity contribution in [3.05, 3.63) is 89.4 Å². The van der Waals surface area contributed by atoms with Crippen LogP contribution >= 0.6 is 11.6 Å². The zero-order valence-electron chi connectivity index (χ0n) is 15.1. The molecule has 0 saturated heterocycles. The van der Waals surface area contributed by atoms with Gasteiger partial charge >= 0.3 is 0 Å². The maximum absolute atomic E-state index is 12.3. The third-order valence-electron chi connectivity index (χ3n) is 3.98. The first-order chi connectivity index (χ1) is 13.8. The normalized spacial score (nSPS) is 10.9. The quantitative estimate of drug-likeness (QED) is 0.432. The van der Waals surface area contributed by atoms with Crippen molar-refractivity contribution in [3.8, 4) is 0 Å². The molecule has 0 heterocycles. The second-order valence-electron chi connectivity index (χ2n) is 6.12. The molecule has 2 N–H and O–H groups in total. The number of carbonyl (C=O) groups excluding carboxylic acids is 2. The van der Waals surface area contributed by atoms with Crippen LogP contribution in [-0.2, 0) is 14.8 Å². The van der Waals surface area contributed by atoms with Crippen LogP contribution in [0, 0.1) is 0 Å². The number of hydrogen-bond donors (Lipinski definition) is 2. The van der Waals surface area contributed by atoms with Gasteiger partial charge in [-0.05, 0) is 48.5 Å². The first kappa shape index (κ1) is 20.6. The number of halogens is 1. The van der Waals surface area contributed by atoms with E-state index in [4.69, 9.17) is 11.6 Å². The SMILES string of the molecule is O=C(CC(=O)c1ccc(NS(=O)(=O)c2ccccc2)cc1)Nc1ccccc1Cl. The molecular formula is C21H17ClN2O4S. The van der Waals surface area contributed by atoms with E-state index in [1.165, 1.54) is 36.4 Å². The van der Waals surface area contributed by atoms with Gasteiger partial charge in [-0.25, -0.2) is 8.42 Å². The van der Waals surface area contributed by atoms with Crippen LogP contribution in [0.25, 0.3) is 0 Å². The molecule has 6 nitrogen and oxygen atoms in total. The standard InChI is InChI=1S/C21H17ClN2O4S/c22-18-8-4-5-9-19(18)23-21(26)14-20(25)15-10-12-16(13-11-15)24-29(27,28)17-6-2-1-3-7-17/h1-13,24H,14H2,(H,23,26). The number of anilines is 2. The highest BCUT2D eigenvalue weighted by Crippen LogP contribution is 2.21. The highest BCUT2D eigenvalue weighted by molar-refractivity contribution is 7.92. The summed E-state index contributed by atoms with van der Waals surface area (Å²) in [4.78, 5) is 24.5. The van der Waals surface area contributed by atoms with Gasteiger partial charge in [-0.3, -0.25) is 14.3 Å². The molecule has 3 rings (SSSR count). The topological polar surface area (TPSA) is 92.3 Å². The Morgan fingerprint density at radius 3 is 2.10 bits per heavy atom. The fraction of sp³-hybridized carbons (Fsp3) is 0.0476. The molecule has 8 heteroatoms. The molecule has 3 aromatic carbocycles. The van der Waals surface area contributed by atoms with Crippen LogP contribution in [0.1, 0.15) is 16.8 Å². The van der Waals surface area contributed by atoms with Crippen LogP contribution in [0.3, 0.4) is 0 Å². The Morgan fingerprint density at radius 2 is 1.45 bits per heavy atom. The molecule has 0 aromatic heterocycles. The Hall–Kier alpha value is -3.16. The molecule has 0 unspecified atom stereocenters. The van der Waals surface area contributed by atoms with Gasteiger partial charge in [-0.1, -0.05) is 41.9 Å². The van der Waals surface area contributed by atoms with Gasteiger partial charge in [-0.2, -0.15) is 0 Å². The van der Waals surface area contributed by atoms with E-state index < -0.39 is 21.7 Å². The molecule has 0 fully saturated rings. The van der Waals surface area contributed by atoms with Gasteiger partial charge < -0.3 is 5.32 Å². The fourth-order valence-corrected chi connectivity index (χ4v) is 3.81. The van der Waals surface area contributed by atoms with E-state index in [2.05, 4.69) is 10.0 Å². The lowest BCUT2D eigenvalue weighted by atomic mass is 10.1.